The molecule has 92 valence electrons. The number of nitrogens with one attached hydrogen (secondary N) is 1. The zero-order valence-electron chi connectivity index (χ0n) is 9.69. The number of carbonyl (C=O) groups excluding carboxylic acids is 1. The van der Waals surface area contributed by atoms with Gasteiger partial charge < -0.3 is 10.4 Å². The Kier molecular flexibility index (Phi) is 4.45. The van der Waals surface area contributed by atoms with Gasteiger partial charge in [-0.1, -0.05) is 18.2 Å². The van der Waals surface area contributed by atoms with Gasteiger partial charge in [-0.05, 0) is 24.5 Å². The number of rotatable bonds is 5. The molecule has 1 aliphatic heterocycles. The van der Waals surface area contributed by atoms with Crippen molar-refractivity contribution in [2.75, 3.05) is 18.9 Å². The van der Waals surface area contributed by atoms with Gasteiger partial charge in [0.05, 0.1) is 5.92 Å². The summed E-state index contributed by atoms with van der Waals surface area (Å²) >= 11 is 1.75. The molecule has 1 aliphatic rings. The quantitative estimate of drug-likeness (QED) is 0.784. The molecule has 2 rings (SSSR count). The van der Waals surface area contributed by atoms with Crippen LogP contribution in [0.3, 0.4) is 0 Å². The number of hydrogen-bond acceptors (Lipinski definition) is 3. The van der Waals surface area contributed by atoms with Gasteiger partial charge in [0, 0.05) is 23.8 Å². The van der Waals surface area contributed by atoms with E-state index in [0.29, 0.717) is 6.54 Å². The van der Waals surface area contributed by atoms with Crippen LogP contribution in [0.1, 0.15) is 24.3 Å². The van der Waals surface area contributed by atoms with Crippen molar-refractivity contribution in [2.24, 2.45) is 0 Å². The highest BCUT2D eigenvalue weighted by Crippen LogP contribution is 2.39. The van der Waals surface area contributed by atoms with E-state index in [2.05, 4.69) is 11.4 Å². The summed E-state index contributed by atoms with van der Waals surface area (Å²) < 4.78 is 0. The minimum Gasteiger partial charge on any atom is -0.396 e. The maximum atomic E-state index is 12.0. The molecule has 4 heteroatoms. The molecule has 1 aromatic carbocycles. The fraction of sp³-hybridized carbons (Fsp3) is 0.462. The third-order valence-corrected chi connectivity index (χ3v) is 4.08. The number of fused-ring (bicyclic) bond motifs is 1. The summed E-state index contributed by atoms with van der Waals surface area (Å²) in [5, 5.41) is 11.6. The minimum atomic E-state index is -0.00896. The van der Waals surface area contributed by atoms with E-state index in [1.54, 1.807) is 11.8 Å². The predicted octanol–water partition coefficient (Wildman–Crippen LogP) is 1.76. The lowest BCUT2D eigenvalue weighted by Gasteiger charge is -2.11. The van der Waals surface area contributed by atoms with Crippen molar-refractivity contribution in [2.45, 2.75) is 23.7 Å². The fourth-order valence-electron chi connectivity index (χ4n) is 1.95. The predicted molar refractivity (Wildman–Crippen MR) is 69.2 cm³/mol. The Hall–Kier alpha value is -1.00. The van der Waals surface area contributed by atoms with Gasteiger partial charge in [0.1, 0.15) is 0 Å². The molecule has 0 saturated heterocycles. The molecule has 1 aromatic rings. The number of hydrogen-bond donors (Lipinski definition) is 2. The molecule has 0 bridgehead atoms. The van der Waals surface area contributed by atoms with Gasteiger partial charge in [0.2, 0.25) is 5.91 Å². The second-order valence-electron chi connectivity index (χ2n) is 4.12. The van der Waals surface area contributed by atoms with Crippen molar-refractivity contribution in [3.8, 4) is 0 Å². The number of unbranched alkanes of at least 4 members (excludes halogenated alkanes) is 1. The van der Waals surface area contributed by atoms with Crippen LogP contribution < -0.4 is 5.32 Å². The number of aliphatic hydroxyl groups is 1. The second kappa shape index (κ2) is 6.07. The lowest BCUT2D eigenvalue weighted by molar-refractivity contribution is -0.122. The van der Waals surface area contributed by atoms with Crippen LogP contribution in [0.25, 0.3) is 0 Å². The molecule has 0 saturated carbocycles. The van der Waals surface area contributed by atoms with Crippen LogP contribution in [0, 0.1) is 0 Å². The highest BCUT2D eigenvalue weighted by atomic mass is 32.2. The number of thioether (sulfide) groups is 1. The number of aliphatic hydroxyl groups excluding tert-OH is 1. The van der Waals surface area contributed by atoms with Crippen molar-refractivity contribution in [3.05, 3.63) is 29.8 Å². The van der Waals surface area contributed by atoms with Crippen LogP contribution in [0.4, 0.5) is 0 Å². The normalized spacial score (nSPS) is 17.8. The van der Waals surface area contributed by atoms with Crippen molar-refractivity contribution in [3.63, 3.8) is 0 Å². The molecule has 0 spiro atoms. The van der Waals surface area contributed by atoms with Crippen LogP contribution in [0.15, 0.2) is 29.2 Å². The third kappa shape index (κ3) is 3.01. The zero-order chi connectivity index (χ0) is 12.1. The Balaban J connectivity index is 1.89. The first-order valence-corrected chi connectivity index (χ1v) is 6.92. The fourth-order valence-corrected chi connectivity index (χ4v) is 3.18. The summed E-state index contributed by atoms with van der Waals surface area (Å²) in [5.41, 5.74) is 1.15. The lowest BCUT2D eigenvalue weighted by Crippen LogP contribution is -2.30. The van der Waals surface area contributed by atoms with Gasteiger partial charge >= 0.3 is 0 Å². The first-order valence-electron chi connectivity index (χ1n) is 5.93. The van der Waals surface area contributed by atoms with Crippen LogP contribution >= 0.6 is 11.8 Å². The van der Waals surface area contributed by atoms with E-state index in [4.69, 9.17) is 5.11 Å². The summed E-state index contributed by atoms with van der Waals surface area (Å²) in [6, 6.07) is 8.09. The van der Waals surface area contributed by atoms with Crippen molar-refractivity contribution in [1.29, 1.82) is 0 Å². The van der Waals surface area contributed by atoms with Crippen molar-refractivity contribution in [1.82, 2.24) is 5.32 Å². The maximum Gasteiger partial charge on any atom is 0.228 e. The van der Waals surface area contributed by atoms with Gasteiger partial charge in [-0.3, -0.25) is 4.79 Å². The van der Waals surface area contributed by atoms with E-state index in [-0.39, 0.29) is 18.4 Å². The number of benzene rings is 1. The average Bonchev–Trinajstić information content (AvgIpc) is 2.78. The first-order chi connectivity index (χ1) is 8.33. The molecule has 17 heavy (non-hydrogen) atoms. The summed E-state index contributed by atoms with van der Waals surface area (Å²) in [7, 11) is 0. The van der Waals surface area contributed by atoms with Crippen molar-refractivity contribution < 1.29 is 9.90 Å². The lowest BCUT2D eigenvalue weighted by atomic mass is 10.0. The SMILES string of the molecule is O=C(NCCCCO)C1CSc2ccccc21. The zero-order valence-corrected chi connectivity index (χ0v) is 10.5. The molecule has 1 atom stereocenters. The van der Waals surface area contributed by atoms with Crippen LogP contribution in [-0.4, -0.2) is 29.9 Å². The molecule has 1 heterocycles. The molecule has 0 radical (unpaired) electrons. The molecule has 0 aliphatic carbocycles. The van der Waals surface area contributed by atoms with Gasteiger partial charge in [0.25, 0.3) is 0 Å². The van der Waals surface area contributed by atoms with Gasteiger partial charge in [-0.2, -0.15) is 0 Å². The summed E-state index contributed by atoms with van der Waals surface area (Å²) in [5.74, 6) is 0.941. The Morgan fingerprint density at radius 3 is 3.06 bits per heavy atom. The molecule has 0 fully saturated rings. The first kappa shape index (κ1) is 12.5. The Labute approximate surface area is 106 Å². The summed E-state index contributed by atoms with van der Waals surface area (Å²) in [6.45, 7) is 0.848. The Morgan fingerprint density at radius 1 is 1.41 bits per heavy atom. The topological polar surface area (TPSA) is 49.3 Å². The Morgan fingerprint density at radius 2 is 2.24 bits per heavy atom. The van der Waals surface area contributed by atoms with Gasteiger partial charge in [-0.15, -0.1) is 11.8 Å². The maximum absolute atomic E-state index is 12.0. The number of carbonyl (C=O) groups is 1. The third-order valence-electron chi connectivity index (χ3n) is 2.90. The highest BCUT2D eigenvalue weighted by Gasteiger charge is 2.28. The Bertz CT molecular complexity index is 395. The smallest absolute Gasteiger partial charge is 0.228 e. The van der Waals surface area contributed by atoms with E-state index < -0.39 is 0 Å². The van der Waals surface area contributed by atoms with Crippen LogP contribution in [0.5, 0.6) is 0 Å². The van der Waals surface area contributed by atoms with Crippen LogP contribution in [-0.2, 0) is 4.79 Å². The van der Waals surface area contributed by atoms with Crippen LogP contribution in [0.2, 0.25) is 0 Å². The molecular weight excluding hydrogens is 234 g/mol. The minimum absolute atomic E-state index is 0.00896. The average molecular weight is 251 g/mol. The van der Waals surface area contributed by atoms with Gasteiger partial charge in [-0.25, -0.2) is 0 Å². The van der Waals surface area contributed by atoms with E-state index >= 15 is 0 Å². The summed E-state index contributed by atoms with van der Waals surface area (Å²) in [4.78, 5) is 13.2. The van der Waals surface area contributed by atoms with E-state index in [1.165, 1.54) is 4.90 Å². The van der Waals surface area contributed by atoms with E-state index in [1.807, 2.05) is 18.2 Å². The van der Waals surface area contributed by atoms with E-state index in [9.17, 15) is 4.79 Å². The number of amides is 1. The van der Waals surface area contributed by atoms with Crippen molar-refractivity contribution >= 4 is 17.7 Å². The monoisotopic (exact) mass is 251 g/mol. The van der Waals surface area contributed by atoms with E-state index in [0.717, 1.165) is 24.2 Å². The molecule has 1 amide bonds. The standard InChI is InChI=1S/C13H17NO2S/c15-8-4-3-7-14-13(16)11-9-17-12-6-2-1-5-10(11)12/h1-2,5-6,11,15H,3-4,7-9H2,(H,14,16). The molecule has 0 aromatic heterocycles. The van der Waals surface area contributed by atoms with Gasteiger partial charge in [0.15, 0.2) is 0 Å². The molecule has 3 nitrogen and oxygen atoms in total. The molecule has 1 unspecified atom stereocenters. The largest absolute Gasteiger partial charge is 0.396 e. The highest BCUT2D eigenvalue weighted by molar-refractivity contribution is 7.99. The second-order valence-corrected chi connectivity index (χ2v) is 5.18. The molecule has 2 N–H and O–H groups in total. The summed E-state index contributed by atoms with van der Waals surface area (Å²) in [6.07, 6.45) is 1.58. The molecular formula is C13H17NO2S.